The van der Waals surface area contributed by atoms with Crippen molar-refractivity contribution < 1.29 is 19.4 Å². The topological polar surface area (TPSA) is 107 Å². The highest BCUT2D eigenvalue weighted by atomic mass is 16.5. The van der Waals surface area contributed by atoms with E-state index in [0.29, 0.717) is 5.69 Å². The van der Waals surface area contributed by atoms with Crippen LogP contribution in [-0.2, 0) is 4.74 Å². The monoisotopic (exact) mass is 289 g/mol. The molecule has 2 aromatic rings. The average Bonchev–Trinajstić information content (AvgIpc) is 2.81. The molecule has 0 fully saturated rings. The smallest absolute Gasteiger partial charge is 0.343 e. The van der Waals surface area contributed by atoms with Crippen LogP contribution in [-0.4, -0.2) is 33.4 Å². The Kier molecular flexibility index (Phi) is 3.93. The predicted octanol–water partition coefficient (Wildman–Crippen LogP) is 1.64. The van der Waals surface area contributed by atoms with E-state index < -0.39 is 11.9 Å². The molecule has 1 aromatic heterocycles. The molecule has 0 bridgehead atoms. The summed E-state index contributed by atoms with van der Waals surface area (Å²) in [5.74, 6) is -1.50. The summed E-state index contributed by atoms with van der Waals surface area (Å²) in [7, 11) is 0. The Balaban J connectivity index is 2.50. The number of aromatic nitrogens is 2. The molecule has 0 radical (unpaired) electrons. The lowest BCUT2D eigenvalue weighted by molar-refractivity contribution is 0.0527. The molecule has 0 aliphatic carbocycles. The normalized spacial score (nSPS) is 10.4. The number of carbonyl (C=O) groups excluding carboxylic acids is 1. The van der Waals surface area contributed by atoms with Crippen LogP contribution in [0.5, 0.6) is 0 Å². The fraction of sp³-hybridized carbons (Fsp3) is 0.214. The van der Waals surface area contributed by atoms with E-state index in [1.807, 2.05) is 0 Å². The van der Waals surface area contributed by atoms with Crippen molar-refractivity contribution in [2.24, 2.45) is 0 Å². The Morgan fingerprint density at radius 1 is 1.43 bits per heavy atom. The molecule has 0 amide bonds. The Morgan fingerprint density at radius 2 is 2.14 bits per heavy atom. The zero-order valence-corrected chi connectivity index (χ0v) is 11.7. The van der Waals surface area contributed by atoms with E-state index in [4.69, 9.17) is 15.6 Å². The highest BCUT2D eigenvalue weighted by molar-refractivity contribution is 5.94. The number of carboxylic acid groups (broad SMARTS) is 1. The van der Waals surface area contributed by atoms with Gasteiger partial charge in [-0.25, -0.2) is 14.3 Å². The number of aromatic carboxylic acids is 1. The van der Waals surface area contributed by atoms with Crippen molar-refractivity contribution in [1.82, 2.24) is 9.78 Å². The molecule has 2 rings (SSSR count). The number of hydrogen-bond acceptors (Lipinski definition) is 5. The van der Waals surface area contributed by atoms with Crippen molar-refractivity contribution in [3.63, 3.8) is 0 Å². The number of nitrogen functional groups attached to an aromatic ring is 1. The van der Waals surface area contributed by atoms with E-state index >= 15 is 0 Å². The maximum absolute atomic E-state index is 11.7. The number of carbonyl (C=O) groups is 2. The van der Waals surface area contributed by atoms with Gasteiger partial charge in [0.1, 0.15) is 11.4 Å². The molecular formula is C14H15N3O4. The molecule has 0 spiro atoms. The SMILES string of the molecule is CCOC(=O)c1cnn(-c2cc(C(=O)O)ccc2C)c1N. The number of rotatable bonds is 4. The minimum absolute atomic E-state index is 0.110. The number of aryl methyl sites for hydroxylation is 1. The zero-order chi connectivity index (χ0) is 15.6. The Bertz CT molecular complexity index is 706. The molecule has 0 saturated carbocycles. The van der Waals surface area contributed by atoms with Gasteiger partial charge in [-0.1, -0.05) is 6.07 Å². The fourth-order valence-electron chi connectivity index (χ4n) is 1.89. The third-order valence-corrected chi connectivity index (χ3v) is 2.99. The summed E-state index contributed by atoms with van der Waals surface area (Å²) >= 11 is 0. The first-order chi connectivity index (χ1) is 9.95. The molecule has 110 valence electrons. The Hall–Kier alpha value is -2.83. The molecule has 0 unspecified atom stereocenters. The van der Waals surface area contributed by atoms with E-state index in [1.54, 1.807) is 19.9 Å². The molecule has 7 nitrogen and oxygen atoms in total. The van der Waals surface area contributed by atoms with E-state index in [1.165, 1.54) is 23.0 Å². The largest absolute Gasteiger partial charge is 0.478 e. The minimum Gasteiger partial charge on any atom is -0.478 e. The predicted molar refractivity (Wildman–Crippen MR) is 75.6 cm³/mol. The van der Waals surface area contributed by atoms with Gasteiger partial charge in [-0.3, -0.25) is 0 Å². The number of ether oxygens (including phenoxy) is 1. The summed E-state index contributed by atoms with van der Waals surface area (Å²) in [6.45, 7) is 3.72. The van der Waals surface area contributed by atoms with Crippen molar-refractivity contribution in [2.75, 3.05) is 12.3 Å². The standard InChI is InChI=1S/C14H15N3O4/c1-3-21-14(20)10-7-16-17(12(10)15)11-6-9(13(18)19)5-4-8(11)2/h4-7H,3,15H2,1-2H3,(H,18,19). The summed E-state index contributed by atoms with van der Waals surface area (Å²) in [4.78, 5) is 22.8. The number of nitrogens with zero attached hydrogens (tertiary/aromatic N) is 2. The fourth-order valence-corrected chi connectivity index (χ4v) is 1.89. The third kappa shape index (κ3) is 2.71. The van der Waals surface area contributed by atoms with Gasteiger partial charge in [0.05, 0.1) is 24.1 Å². The third-order valence-electron chi connectivity index (χ3n) is 2.99. The van der Waals surface area contributed by atoms with Gasteiger partial charge in [0.15, 0.2) is 0 Å². The molecular weight excluding hydrogens is 274 g/mol. The van der Waals surface area contributed by atoms with E-state index in [2.05, 4.69) is 5.10 Å². The Labute approximate surface area is 120 Å². The van der Waals surface area contributed by atoms with Gasteiger partial charge in [0.2, 0.25) is 0 Å². The molecule has 7 heteroatoms. The molecule has 0 aliphatic rings. The van der Waals surface area contributed by atoms with Gasteiger partial charge in [-0.2, -0.15) is 5.10 Å². The van der Waals surface area contributed by atoms with E-state index in [9.17, 15) is 9.59 Å². The maximum Gasteiger partial charge on any atom is 0.343 e. The summed E-state index contributed by atoms with van der Waals surface area (Å²) < 4.78 is 6.21. The number of hydrogen-bond donors (Lipinski definition) is 2. The molecule has 0 saturated heterocycles. The molecule has 3 N–H and O–H groups in total. The van der Waals surface area contributed by atoms with Crippen LogP contribution < -0.4 is 5.73 Å². The first-order valence-corrected chi connectivity index (χ1v) is 6.30. The summed E-state index contributed by atoms with van der Waals surface area (Å²) in [5.41, 5.74) is 7.46. The first-order valence-electron chi connectivity index (χ1n) is 6.30. The first kappa shape index (κ1) is 14.6. The van der Waals surface area contributed by atoms with Crippen LogP contribution >= 0.6 is 0 Å². The van der Waals surface area contributed by atoms with Gasteiger partial charge in [-0.05, 0) is 31.5 Å². The van der Waals surface area contributed by atoms with Crippen molar-refractivity contribution >= 4 is 17.8 Å². The van der Waals surface area contributed by atoms with Crippen LogP contribution in [0.3, 0.4) is 0 Å². The average molecular weight is 289 g/mol. The number of anilines is 1. The molecule has 1 aromatic carbocycles. The van der Waals surface area contributed by atoms with E-state index in [-0.39, 0.29) is 23.6 Å². The van der Waals surface area contributed by atoms with Crippen LogP contribution in [0.2, 0.25) is 0 Å². The maximum atomic E-state index is 11.7. The highest BCUT2D eigenvalue weighted by Crippen LogP contribution is 2.22. The molecule has 0 aliphatic heterocycles. The highest BCUT2D eigenvalue weighted by Gasteiger charge is 2.18. The lowest BCUT2D eigenvalue weighted by Crippen LogP contribution is -2.10. The van der Waals surface area contributed by atoms with E-state index in [0.717, 1.165) is 5.56 Å². The van der Waals surface area contributed by atoms with Crippen LogP contribution in [0.15, 0.2) is 24.4 Å². The number of carboxylic acids is 1. The van der Waals surface area contributed by atoms with Gasteiger partial charge in [-0.15, -0.1) is 0 Å². The van der Waals surface area contributed by atoms with Crippen LogP contribution in [0.4, 0.5) is 5.82 Å². The minimum atomic E-state index is -1.05. The van der Waals surface area contributed by atoms with Crippen molar-refractivity contribution in [2.45, 2.75) is 13.8 Å². The zero-order valence-electron chi connectivity index (χ0n) is 11.7. The van der Waals surface area contributed by atoms with Gasteiger partial charge >= 0.3 is 11.9 Å². The summed E-state index contributed by atoms with van der Waals surface area (Å²) in [6, 6.07) is 4.60. The second kappa shape index (κ2) is 5.66. The van der Waals surface area contributed by atoms with Crippen molar-refractivity contribution in [3.8, 4) is 5.69 Å². The molecule has 1 heterocycles. The van der Waals surface area contributed by atoms with Gasteiger partial charge in [0, 0.05) is 0 Å². The second-order valence-electron chi connectivity index (χ2n) is 4.38. The van der Waals surface area contributed by atoms with Crippen LogP contribution in [0, 0.1) is 6.92 Å². The van der Waals surface area contributed by atoms with Crippen molar-refractivity contribution in [1.29, 1.82) is 0 Å². The van der Waals surface area contributed by atoms with Crippen LogP contribution in [0.25, 0.3) is 5.69 Å². The number of nitrogens with two attached hydrogens (primary N) is 1. The summed E-state index contributed by atoms with van der Waals surface area (Å²) in [5, 5.41) is 13.1. The van der Waals surface area contributed by atoms with Crippen LogP contribution in [0.1, 0.15) is 33.2 Å². The molecule has 21 heavy (non-hydrogen) atoms. The number of benzene rings is 1. The number of esters is 1. The van der Waals surface area contributed by atoms with Crippen molar-refractivity contribution in [3.05, 3.63) is 41.1 Å². The Morgan fingerprint density at radius 3 is 2.76 bits per heavy atom. The van der Waals surface area contributed by atoms with Gasteiger partial charge in [0.25, 0.3) is 0 Å². The molecule has 0 atom stereocenters. The summed E-state index contributed by atoms with van der Waals surface area (Å²) in [6.07, 6.45) is 1.31. The van der Waals surface area contributed by atoms with Gasteiger partial charge < -0.3 is 15.6 Å². The lowest BCUT2D eigenvalue weighted by Gasteiger charge is -2.09. The second-order valence-corrected chi connectivity index (χ2v) is 4.38. The quantitative estimate of drug-likeness (QED) is 0.828. The lowest BCUT2D eigenvalue weighted by atomic mass is 10.1.